The number of amides is 1. The Labute approximate surface area is 250 Å². The number of nitrogens with zero attached hydrogens (tertiary/aromatic N) is 6. The van der Waals surface area contributed by atoms with Gasteiger partial charge in [0.25, 0.3) is 5.91 Å². The number of nitrogens with one attached hydrogen (secondary N) is 1. The summed E-state index contributed by atoms with van der Waals surface area (Å²) in [6, 6.07) is 9.05. The lowest BCUT2D eigenvalue weighted by Gasteiger charge is -2.33. The molecule has 0 bridgehead atoms. The Morgan fingerprint density at radius 2 is 2.05 bits per heavy atom. The van der Waals surface area contributed by atoms with Crippen molar-refractivity contribution in [1.82, 2.24) is 30.0 Å². The molecule has 1 aliphatic heterocycles. The van der Waals surface area contributed by atoms with Gasteiger partial charge in [-0.15, -0.1) is 0 Å². The van der Waals surface area contributed by atoms with E-state index in [-0.39, 0.29) is 51.8 Å². The summed E-state index contributed by atoms with van der Waals surface area (Å²) in [6.07, 6.45) is 6.43. The average Bonchev–Trinajstić information content (AvgIpc) is 3.63. The van der Waals surface area contributed by atoms with Gasteiger partial charge < -0.3 is 20.7 Å². The number of anilines is 1. The minimum atomic E-state index is -1.19. The van der Waals surface area contributed by atoms with Crippen molar-refractivity contribution in [3.8, 4) is 29.0 Å². The summed E-state index contributed by atoms with van der Waals surface area (Å²) in [5.74, 6) is -3.71. The topological polar surface area (TPSA) is 135 Å². The lowest BCUT2D eigenvalue weighted by atomic mass is 10.0. The standard InChI is InChI=1S/C31H29F3N8O2/c1-2-37-31(10-11-31)14-18(15-35)30(43)41-12-4-5-19(17-41)42-29-22(16-38-42)27(36)39-28(40-29)21-9-8-20(13-24(21)33)44-25-7-3-6-23(32)26(25)34/h3,6-9,13-14,16,19,37H,2,4-5,10-12,17H2,1H3,(H2,36,39,40)/t19-/m0/s1. The number of nitrogen functional groups attached to an aromatic ring is 1. The highest BCUT2D eigenvalue weighted by Gasteiger charge is 2.41. The van der Waals surface area contributed by atoms with E-state index in [2.05, 4.69) is 26.5 Å². The smallest absolute Gasteiger partial charge is 0.264 e. The molecule has 226 valence electrons. The van der Waals surface area contributed by atoms with Gasteiger partial charge in [0.15, 0.2) is 23.0 Å². The Kier molecular flexibility index (Phi) is 7.69. The zero-order valence-electron chi connectivity index (χ0n) is 23.9. The predicted molar refractivity (Wildman–Crippen MR) is 156 cm³/mol. The minimum Gasteiger partial charge on any atom is -0.454 e. The maximum Gasteiger partial charge on any atom is 0.264 e. The van der Waals surface area contributed by atoms with E-state index < -0.39 is 17.5 Å². The molecule has 3 heterocycles. The number of halogens is 3. The molecule has 0 spiro atoms. The molecule has 0 radical (unpaired) electrons. The second kappa shape index (κ2) is 11.6. The van der Waals surface area contributed by atoms with Crippen LogP contribution >= 0.6 is 0 Å². The largest absolute Gasteiger partial charge is 0.454 e. The van der Waals surface area contributed by atoms with Crippen molar-refractivity contribution >= 4 is 22.8 Å². The fourth-order valence-corrected chi connectivity index (χ4v) is 5.55. The first-order valence-electron chi connectivity index (χ1n) is 14.3. The molecule has 2 fully saturated rings. The number of aromatic nitrogens is 4. The van der Waals surface area contributed by atoms with Crippen LogP contribution in [0.15, 0.2) is 54.2 Å². The summed E-state index contributed by atoms with van der Waals surface area (Å²) in [5, 5.41) is 18.1. The van der Waals surface area contributed by atoms with Crippen LogP contribution in [0.25, 0.3) is 22.4 Å². The van der Waals surface area contributed by atoms with Crippen molar-refractivity contribution < 1.29 is 22.7 Å². The van der Waals surface area contributed by atoms with Gasteiger partial charge in [-0.2, -0.15) is 14.8 Å². The minimum absolute atomic E-state index is 0.00525. The molecular formula is C31H29F3N8O2. The van der Waals surface area contributed by atoms with Gasteiger partial charge in [-0.05, 0) is 62.6 Å². The number of carbonyl (C=O) groups is 1. The molecule has 10 nitrogen and oxygen atoms in total. The third-order valence-electron chi connectivity index (χ3n) is 7.93. The van der Waals surface area contributed by atoms with Gasteiger partial charge in [-0.25, -0.2) is 23.4 Å². The highest BCUT2D eigenvalue weighted by molar-refractivity contribution is 5.97. The predicted octanol–water partition coefficient (Wildman–Crippen LogP) is 5.04. The Morgan fingerprint density at radius 3 is 2.77 bits per heavy atom. The third kappa shape index (κ3) is 5.56. The fourth-order valence-electron chi connectivity index (χ4n) is 5.55. The summed E-state index contributed by atoms with van der Waals surface area (Å²) in [7, 11) is 0. The third-order valence-corrected chi connectivity index (χ3v) is 7.93. The highest BCUT2D eigenvalue weighted by atomic mass is 19.2. The van der Waals surface area contributed by atoms with E-state index in [1.807, 2.05) is 6.92 Å². The van der Waals surface area contributed by atoms with Crippen molar-refractivity contribution in [3.05, 3.63) is 71.7 Å². The van der Waals surface area contributed by atoms with Gasteiger partial charge >= 0.3 is 0 Å². The van der Waals surface area contributed by atoms with Crippen LogP contribution in [0.5, 0.6) is 11.5 Å². The molecule has 1 amide bonds. The zero-order chi connectivity index (χ0) is 31.0. The van der Waals surface area contributed by atoms with Crippen LogP contribution in [0.4, 0.5) is 19.0 Å². The van der Waals surface area contributed by atoms with Crippen LogP contribution in [-0.4, -0.2) is 55.7 Å². The van der Waals surface area contributed by atoms with E-state index >= 15 is 4.39 Å². The first kappa shape index (κ1) is 29.1. The summed E-state index contributed by atoms with van der Waals surface area (Å²) in [6.45, 7) is 3.54. The number of likely N-dealkylation sites (N-methyl/N-ethyl adjacent to an activating group) is 1. The van der Waals surface area contributed by atoms with E-state index in [4.69, 9.17) is 10.5 Å². The lowest BCUT2D eigenvalue weighted by Crippen LogP contribution is -2.42. The number of rotatable bonds is 8. The number of benzene rings is 2. The number of likely N-dealkylation sites (tertiary alicyclic amines) is 1. The molecule has 6 rings (SSSR count). The first-order valence-corrected chi connectivity index (χ1v) is 14.3. The van der Waals surface area contributed by atoms with E-state index in [1.165, 1.54) is 30.5 Å². The Balaban J connectivity index is 1.26. The summed E-state index contributed by atoms with van der Waals surface area (Å²) in [5.41, 5.74) is 6.44. The van der Waals surface area contributed by atoms with Gasteiger partial charge in [-0.1, -0.05) is 13.0 Å². The Hall–Kier alpha value is -4.96. The van der Waals surface area contributed by atoms with Gasteiger partial charge in [0.05, 0.1) is 23.2 Å². The zero-order valence-corrected chi connectivity index (χ0v) is 23.9. The molecule has 1 aliphatic carbocycles. The molecule has 2 aromatic heterocycles. The number of hydrogen-bond acceptors (Lipinski definition) is 8. The van der Waals surface area contributed by atoms with Gasteiger partial charge in [0, 0.05) is 24.7 Å². The van der Waals surface area contributed by atoms with Crippen molar-refractivity contribution in [2.75, 3.05) is 25.4 Å². The summed E-state index contributed by atoms with van der Waals surface area (Å²) >= 11 is 0. The van der Waals surface area contributed by atoms with Crippen molar-refractivity contribution in [2.45, 2.75) is 44.2 Å². The van der Waals surface area contributed by atoms with Crippen LogP contribution in [0, 0.1) is 28.8 Å². The van der Waals surface area contributed by atoms with Crippen molar-refractivity contribution in [3.63, 3.8) is 0 Å². The Morgan fingerprint density at radius 1 is 1.23 bits per heavy atom. The van der Waals surface area contributed by atoms with Crippen LogP contribution in [0.1, 0.15) is 38.6 Å². The molecular weight excluding hydrogens is 573 g/mol. The summed E-state index contributed by atoms with van der Waals surface area (Å²) < 4.78 is 49.9. The number of carbonyl (C=O) groups excluding carboxylic acids is 1. The molecule has 13 heteroatoms. The Bertz CT molecular complexity index is 1830. The lowest BCUT2D eigenvalue weighted by molar-refractivity contribution is -0.128. The molecule has 1 saturated carbocycles. The highest BCUT2D eigenvalue weighted by Crippen LogP contribution is 2.38. The molecule has 2 aliphatic rings. The second-order valence-corrected chi connectivity index (χ2v) is 11.0. The van der Waals surface area contributed by atoms with Crippen LogP contribution in [0.2, 0.25) is 0 Å². The van der Waals surface area contributed by atoms with Gasteiger partial charge in [0.1, 0.15) is 29.0 Å². The van der Waals surface area contributed by atoms with Crippen LogP contribution in [-0.2, 0) is 4.79 Å². The van der Waals surface area contributed by atoms with Crippen molar-refractivity contribution in [2.24, 2.45) is 0 Å². The van der Waals surface area contributed by atoms with Crippen LogP contribution < -0.4 is 15.8 Å². The number of piperidine rings is 1. The molecule has 1 saturated heterocycles. The van der Waals surface area contributed by atoms with Gasteiger partial charge in [0.2, 0.25) is 5.82 Å². The molecule has 4 aromatic rings. The number of fused-ring (bicyclic) bond motifs is 1. The number of nitrogens with two attached hydrogens (primary N) is 1. The van der Waals surface area contributed by atoms with Crippen LogP contribution in [0.3, 0.4) is 0 Å². The van der Waals surface area contributed by atoms with Crippen molar-refractivity contribution in [1.29, 1.82) is 5.26 Å². The fraction of sp³-hybridized carbons (Fsp3) is 0.323. The maximum atomic E-state index is 15.3. The quantitative estimate of drug-likeness (QED) is 0.212. The number of ether oxygens (including phenoxy) is 1. The monoisotopic (exact) mass is 602 g/mol. The number of nitriles is 1. The second-order valence-electron chi connectivity index (χ2n) is 11.0. The molecule has 44 heavy (non-hydrogen) atoms. The molecule has 0 unspecified atom stereocenters. The molecule has 2 aromatic carbocycles. The van der Waals surface area contributed by atoms with E-state index in [9.17, 15) is 18.8 Å². The summed E-state index contributed by atoms with van der Waals surface area (Å²) in [4.78, 5) is 23.9. The first-order chi connectivity index (χ1) is 21.2. The molecule has 3 N–H and O–H groups in total. The maximum absolute atomic E-state index is 15.3. The molecule has 1 atom stereocenters. The SMILES string of the molecule is CCNC1(C=C(C#N)C(=O)N2CCC[C@H](n3ncc4c(N)nc(-c5ccc(Oc6cccc(F)c6F)cc5F)nc43)C2)CC1. The van der Waals surface area contributed by atoms with Gasteiger partial charge in [-0.3, -0.25) is 4.79 Å². The van der Waals surface area contributed by atoms with E-state index in [1.54, 1.807) is 15.7 Å². The average molecular weight is 603 g/mol. The van der Waals surface area contributed by atoms with E-state index in [0.717, 1.165) is 31.5 Å². The van der Waals surface area contributed by atoms with E-state index in [0.29, 0.717) is 37.0 Å². The number of hydrogen-bond donors (Lipinski definition) is 2. The normalized spacial score (nSPS) is 17.8.